The molecule has 6 heteroatoms. The maximum absolute atomic E-state index is 13.3. The highest BCUT2D eigenvalue weighted by Crippen LogP contribution is 2.28. The summed E-state index contributed by atoms with van der Waals surface area (Å²) < 4.78 is 13.3. The number of nitrogens with one attached hydrogen (secondary N) is 1. The number of benzene rings is 3. The highest BCUT2D eigenvalue weighted by molar-refractivity contribution is 6.33. The first kappa shape index (κ1) is 19.2. The second-order valence-corrected chi connectivity index (χ2v) is 7.32. The van der Waals surface area contributed by atoms with Gasteiger partial charge >= 0.3 is 0 Å². The Labute approximate surface area is 172 Å². The van der Waals surface area contributed by atoms with Crippen LogP contribution in [-0.4, -0.2) is 22.8 Å². The molecule has 1 heterocycles. The van der Waals surface area contributed by atoms with Gasteiger partial charge in [-0.15, -0.1) is 0 Å². The second-order valence-electron chi connectivity index (χ2n) is 6.91. The van der Waals surface area contributed by atoms with Gasteiger partial charge in [-0.3, -0.25) is 9.59 Å². The molecule has 1 N–H and O–H groups in total. The van der Waals surface area contributed by atoms with E-state index in [9.17, 15) is 14.0 Å². The third-order valence-corrected chi connectivity index (χ3v) is 5.30. The van der Waals surface area contributed by atoms with Gasteiger partial charge in [0.15, 0.2) is 0 Å². The second kappa shape index (κ2) is 8.05. The molecule has 0 unspecified atom stereocenters. The molecule has 4 rings (SSSR count). The van der Waals surface area contributed by atoms with Gasteiger partial charge in [0.25, 0.3) is 5.91 Å². The molecule has 0 spiro atoms. The SMILES string of the molecule is O=C(Nc1ccc(F)cc1Cl)[C@@H](Cc1ccccc1)N1Cc2ccccc2C1=O. The molecule has 29 heavy (non-hydrogen) atoms. The van der Waals surface area contributed by atoms with E-state index in [0.29, 0.717) is 24.2 Å². The molecular weight excluding hydrogens is 391 g/mol. The number of hydrogen-bond donors (Lipinski definition) is 1. The van der Waals surface area contributed by atoms with Crippen molar-refractivity contribution >= 4 is 29.1 Å². The average Bonchev–Trinajstić information content (AvgIpc) is 3.05. The summed E-state index contributed by atoms with van der Waals surface area (Å²) in [6, 6.07) is 19.9. The summed E-state index contributed by atoms with van der Waals surface area (Å²) in [6.07, 6.45) is 0.352. The molecule has 0 saturated heterocycles. The van der Waals surface area contributed by atoms with Crippen LogP contribution in [0.5, 0.6) is 0 Å². The lowest BCUT2D eigenvalue weighted by atomic mass is 10.0. The van der Waals surface area contributed by atoms with Gasteiger partial charge in [0.05, 0.1) is 10.7 Å². The predicted molar refractivity (Wildman–Crippen MR) is 110 cm³/mol. The molecule has 3 aromatic rings. The third-order valence-electron chi connectivity index (χ3n) is 4.99. The van der Waals surface area contributed by atoms with E-state index in [4.69, 9.17) is 11.6 Å². The summed E-state index contributed by atoms with van der Waals surface area (Å²) in [5.74, 6) is -1.04. The van der Waals surface area contributed by atoms with Crippen molar-refractivity contribution in [2.24, 2.45) is 0 Å². The molecule has 0 fully saturated rings. The molecule has 4 nitrogen and oxygen atoms in total. The molecule has 0 radical (unpaired) electrons. The minimum atomic E-state index is -0.738. The minimum Gasteiger partial charge on any atom is -0.323 e. The van der Waals surface area contributed by atoms with Crippen LogP contribution in [0, 0.1) is 5.82 Å². The third kappa shape index (κ3) is 4.00. The molecular formula is C23H18ClFN2O2. The van der Waals surface area contributed by atoms with E-state index in [1.807, 2.05) is 48.5 Å². The molecule has 0 aromatic heterocycles. The Kier molecular flexibility index (Phi) is 5.32. The van der Waals surface area contributed by atoms with Gasteiger partial charge < -0.3 is 10.2 Å². The van der Waals surface area contributed by atoms with Crippen LogP contribution in [0.15, 0.2) is 72.8 Å². The lowest BCUT2D eigenvalue weighted by Gasteiger charge is -2.27. The lowest BCUT2D eigenvalue weighted by molar-refractivity contribution is -0.120. The number of nitrogens with zero attached hydrogens (tertiary/aromatic N) is 1. The topological polar surface area (TPSA) is 49.4 Å². The highest BCUT2D eigenvalue weighted by atomic mass is 35.5. The first-order valence-electron chi connectivity index (χ1n) is 9.21. The molecule has 0 aliphatic carbocycles. The fourth-order valence-corrected chi connectivity index (χ4v) is 3.73. The van der Waals surface area contributed by atoms with Crippen LogP contribution in [-0.2, 0) is 17.8 Å². The zero-order valence-corrected chi connectivity index (χ0v) is 16.2. The van der Waals surface area contributed by atoms with E-state index in [1.54, 1.807) is 11.0 Å². The van der Waals surface area contributed by atoms with Gasteiger partial charge in [-0.25, -0.2) is 4.39 Å². The van der Waals surface area contributed by atoms with Gasteiger partial charge in [-0.2, -0.15) is 0 Å². The Balaban J connectivity index is 1.63. The number of carbonyl (C=O) groups is 2. The van der Waals surface area contributed by atoms with E-state index in [2.05, 4.69) is 5.32 Å². The van der Waals surface area contributed by atoms with Crippen molar-refractivity contribution < 1.29 is 14.0 Å². The number of carbonyl (C=O) groups excluding carboxylic acids is 2. The molecule has 0 bridgehead atoms. The van der Waals surface area contributed by atoms with Crippen LogP contribution in [0.25, 0.3) is 0 Å². The fraction of sp³-hybridized carbons (Fsp3) is 0.130. The highest BCUT2D eigenvalue weighted by Gasteiger charge is 2.36. The Bertz CT molecular complexity index is 1070. The molecule has 0 saturated carbocycles. The number of rotatable bonds is 5. The number of halogens is 2. The zero-order chi connectivity index (χ0) is 20.4. The van der Waals surface area contributed by atoms with Crippen LogP contribution < -0.4 is 5.32 Å². The van der Waals surface area contributed by atoms with Crippen molar-refractivity contribution in [2.45, 2.75) is 19.0 Å². The zero-order valence-electron chi connectivity index (χ0n) is 15.4. The van der Waals surface area contributed by atoms with Crippen LogP contribution in [0.3, 0.4) is 0 Å². The van der Waals surface area contributed by atoms with Crippen molar-refractivity contribution in [3.63, 3.8) is 0 Å². The van der Waals surface area contributed by atoms with Gasteiger partial charge in [-0.05, 0) is 35.4 Å². The van der Waals surface area contributed by atoms with Crippen molar-refractivity contribution in [2.75, 3.05) is 5.32 Å². The first-order chi connectivity index (χ1) is 14.0. The van der Waals surface area contributed by atoms with E-state index in [-0.39, 0.29) is 16.8 Å². The van der Waals surface area contributed by atoms with E-state index < -0.39 is 11.9 Å². The van der Waals surface area contributed by atoms with E-state index in [0.717, 1.165) is 17.2 Å². The summed E-state index contributed by atoms with van der Waals surface area (Å²) in [5.41, 5.74) is 2.74. The van der Waals surface area contributed by atoms with E-state index >= 15 is 0 Å². The van der Waals surface area contributed by atoms with Crippen molar-refractivity contribution in [3.8, 4) is 0 Å². The number of hydrogen-bond acceptors (Lipinski definition) is 2. The first-order valence-corrected chi connectivity index (χ1v) is 9.59. The molecule has 2 amide bonds. The summed E-state index contributed by atoms with van der Waals surface area (Å²) in [5, 5.41) is 2.86. The summed E-state index contributed by atoms with van der Waals surface area (Å²) in [4.78, 5) is 27.7. The van der Waals surface area contributed by atoms with Gasteiger partial charge in [-0.1, -0.05) is 60.1 Å². The predicted octanol–water partition coefficient (Wildman–Crippen LogP) is 4.68. The Morgan fingerprint density at radius 3 is 2.52 bits per heavy atom. The van der Waals surface area contributed by atoms with Crippen LogP contribution in [0.1, 0.15) is 21.5 Å². The maximum Gasteiger partial charge on any atom is 0.255 e. The normalized spacial score (nSPS) is 13.9. The number of anilines is 1. The number of amides is 2. The quantitative estimate of drug-likeness (QED) is 0.666. The summed E-state index contributed by atoms with van der Waals surface area (Å²) in [6.45, 7) is 0.358. The minimum absolute atomic E-state index is 0.104. The van der Waals surface area contributed by atoms with Crippen molar-refractivity contribution in [1.82, 2.24) is 4.90 Å². The van der Waals surface area contributed by atoms with E-state index in [1.165, 1.54) is 12.1 Å². The maximum atomic E-state index is 13.3. The van der Waals surface area contributed by atoms with Crippen LogP contribution in [0.2, 0.25) is 5.02 Å². The Morgan fingerprint density at radius 2 is 1.79 bits per heavy atom. The van der Waals surface area contributed by atoms with Gasteiger partial charge in [0.2, 0.25) is 5.91 Å². The standard InChI is InChI=1S/C23H18ClFN2O2/c24-19-13-17(25)10-11-20(19)26-22(28)21(12-15-6-2-1-3-7-15)27-14-16-8-4-5-9-18(16)23(27)29/h1-11,13,21H,12,14H2,(H,26,28)/t21-/m1/s1. The van der Waals surface area contributed by atoms with Crippen LogP contribution in [0.4, 0.5) is 10.1 Å². The molecule has 3 aromatic carbocycles. The Hall–Kier alpha value is -3.18. The van der Waals surface area contributed by atoms with Gasteiger partial charge in [0.1, 0.15) is 11.9 Å². The van der Waals surface area contributed by atoms with Crippen molar-refractivity contribution in [3.05, 3.63) is 100 Å². The molecule has 1 aliphatic rings. The lowest BCUT2D eigenvalue weighted by Crippen LogP contribution is -2.45. The van der Waals surface area contributed by atoms with Gasteiger partial charge in [0, 0.05) is 18.5 Å². The molecule has 1 atom stereocenters. The summed E-state index contributed by atoms with van der Waals surface area (Å²) in [7, 11) is 0. The average molecular weight is 409 g/mol. The summed E-state index contributed by atoms with van der Waals surface area (Å²) >= 11 is 6.06. The smallest absolute Gasteiger partial charge is 0.255 e. The van der Waals surface area contributed by atoms with Crippen molar-refractivity contribution in [1.29, 1.82) is 0 Å². The monoisotopic (exact) mass is 408 g/mol. The fourth-order valence-electron chi connectivity index (χ4n) is 3.52. The molecule has 146 valence electrons. The largest absolute Gasteiger partial charge is 0.323 e. The molecule has 1 aliphatic heterocycles. The Morgan fingerprint density at radius 1 is 1.07 bits per heavy atom. The number of fused-ring (bicyclic) bond motifs is 1. The van der Waals surface area contributed by atoms with Crippen LogP contribution >= 0.6 is 11.6 Å².